The van der Waals surface area contributed by atoms with Crippen molar-refractivity contribution >= 4 is 5.97 Å². The Morgan fingerprint density at radius 2 is 2.42 bits per heavy atom. The normalized spacial score (nSPS) is 20.7. The van der Waals surface area contributed by atoms with Gasteiger partial charge in [-0.25, -0.2) is 4.79 Å². The van der Waals surface area contributed by atoms with Gasteiger partial charge < -0.3 is 9.47 Å². The fourth-order valence-corrected chi connectivity index (χ4v) is 0.822. The van der Waals surface area contributed by atoms with Crippen LogP contribution in [0.3, 0.4) is 0 Å². The summed E-state index contributed by atoms with van der Waals surface area (Å²) in [5.41, 5.74) is 0. The highest BCUT2D eigenvalue weighted by molar-refractivity contribution is 5.80. The van der Waals surface area contributed by atoms with Crippen molar-refractivity contribution < 1.29 is 14.3 Å². The van der Waals surface area contributed by atoms with Crippen LogP contribution in [0.1, 0.15) is 19.8 Å². The first kappa shape index (κ1) is 11.2. The van der Waals surface area contributed by atoms with Gasteiger partial charge in [-0.3, -0.25) is 0 Å². The predicted octanol–water partition coefficient (Wildman–Crippen LogP) is 1.53. The molecule has 70 valence electrons. The molecule has 1 heterocycles. The molecule has 0 radical (unpaired) electrons. The first-order chi connectivity index (χ1) is 5.70. The van der Waals surface area contributed by atoms with Crippen LogP contribution in [0.5, 0.6) is 0 Å². The van der Waals surface area contributed by atoms with Gasteiger partial charge in [0.2, 0.25) is 0 Å². The number of carbonyl (C=O) groups is 1. The molecule has 1 aliphatic heterocycles. The lowest BCUT2D eigenvalue weighted by Crippen LogP contribution is -1.94. The van der Waals surface area contributed by atoms with E-state index < -0.39 is 5.97 Å². The highest BCUT2D eigenvalue weighted by atomic mass is 16.5. The van der Waals surface area contributed by atoms with Gasteiger partial charge in [-0.05, 0) is 19.8 Å². The molecule has 0 saturated carbocycles. The Labute approximate surface area is 73.4 Å². The van der Waals surface area contributed by atoms with Gasteiger partial charge in [0, 0.05) is 12.7 Å². The van der Waals surface area contributed by atoms with Crippen molar-refractivity contribution in [2.24, 2.45) is 0 Å². The maximum absolute atomic E-state index is 9.84. The van der Waals surface area contributed by atoms with Crippen molar-refractivity contribution in [3.05, 3.63) is 12.7 Å². The minimum absolute atomic E-state index is 0.394. The SMILES string of the molecule is C=CC(=O)OC.CC1CCCO1. The molecule has 0 bridgehead atoms. The average Bonchev–Trinajstić information content (AvgIpc) is 2.55. The topological polar surface area (TPSA) is 35.5 Å². The predicted molar refractivity (Wildman–Crippen MR) is 46.9 cm³/mol. The summed E-state index contributed by atoms with van der Waals surface area (Å²) < 4.78 is 9.30. The fourth-order valence-electron chi connectivity index (χ4n) is 0.822. The van der Waals surface area contributed by atoms with E-state index in [4.69, 9.17) is 4.74 Å². The monoisotopic (exact) mass is 172 g/mol. The second-order valence-corrected chi connectivity index (χ2v) is 2.55. The molecule has 1 rings (SSSR count). The molecular weight excluding hydrogens is 156 g/mol. The molecule has 1 saturated heterocycles. The highest BCUT2D eigenvalue weighted by Gasteiger charge is 2.07. The molecule has 0 aromatic heterocycles. The van der Waals surface area contributed by atoms with E-state index in [9.17, 15) is 4.79 Å². The van der Waals surface area contributed by atoms with Crippen LogP contribution in [0.25, 0.3) is 0 Å². The molecule has 1 unspecified atom stereocenters. The lowest BCUT2D eigenvalue weighted by molar-refractivity contribution is -0.134. The summed E-state index contributed by atoms with van der Waals surface area (Å²) in [5.74, 6) is -0.394. The van der Waals surface area contributed by atoms with Crippen LogP contribution in [0.4, 0.5) is 0 Å². The molecule has 0 aromatic carbocycles. The lowest BCUT2D eigenvalue weighted by atomic mass is 10.3. The Morgan fingerprint density at radius 1 is 1.75 bits per heavy atom. The summed E-state index contributed by atoms with van der Waals surface area (Å²) in [4.78, 5) is 9.84. The molecule has 0 aromatic rings. The molecule has 0 spiro atoms. The van der Waals surface area contributed by atoms with E-state index in [2.05, 4.69) is 18.2 Å². The summed E-state index contributed by atoms with van der Waals surface area (Å²) in [6.07, 6.45) is 4.19. The Balaban J connectivity index is 0.000000202. The Hall–Kier alpha value is -0.830. The highest BCUT2D eigenvalue weighted by Crippen LogP contribution is 2.09. The van der Waals surface area contributed by atoms with Gasteiger partial charge in [-0.2, -0.15) is 0 Å². The average molecular weight is 172 g/mol. The zero-order chi connectivity index (χ0) is 9.40. The lowest BCUT2D eigenvalue weighted by Gasteiger charge is -1.94. The third-order valence-corrected chi connectivity index (χ3v) is 1.53. The van der Waals surface area contributed by atoms with Gasteiger partial charge in [-0.1, -0.05) is 6.58 Å². The third kappa shape index (κ3) is 5.92. The number of hydrogen-bond donors (Lipinski definition) is 0. The summed E-state index contributed by atoms with van der Waals surface area (Å²) in [5, 5.41) is 0. The molecule has 12 heavy (non-hydrogen) atoms. The van der Waals surface area contributed by atoms with Crippen molar-refractivity contribution in [3.63, 3.8) is 0 Å². The second kappa shape index (κ2) is 6.85. The van der Waals surface area contributed by atoms with Crippen LogP contribution in [-0.4, -0.2) is 25.8 Å². The number of rotatable bonds is 1. The van der Waals surface area contributed by atoms with Crippen molar-refractivity contribution in [2.45, 2.75) is 25.9 Å². The molecule has 0 N–H and O–H groups in total. The number of esters is 1. The molecule has 1 aliphatic rings. The summed E-state index contributed by atoms with van der Waals surface area (Å²) >= 11 is 0. The Morgan fingerprint density at radius 3 is 2.50 bits per heavy atom. The van der Waals surface area contributed by atoms with Crippen LogP contribution in [-0.2, 0) is 14.3 Å². The van der Waals surface area contributed by atoms with E-state index in [0.717, 1.165) is 12.7 Å². The van der Waals surface area contributed by atoms with Crippen LogP contribution in [0.15, 0.2) is 12.7 Å². The summed E-state index contributed by atoms with van der Waals surface area (Å²) in [6, 6.07) is 0. The smallest absolute Gasteiger partial charge is 0.329 e. The second-order valence-electron chi connectivity index (χ2n) is 2.55. The van der Waals surface area contributed by atoms with E-state index in [0.29, 0.717) is 6.10 Å². The summed E-state index contributed by atoms with van der Waals surface area (Å²) in [7, 11) is 1.31. The van der Waals surface area contributed by atoms with Crippen LogP contribution in [0.2, 0.25) is 0 Å². The van der Waals surface area contributed by atoms with Crippen molar-refractivity contribution in [3.8, 4) is 0 Å². The quantitative estimate of drug-likeness (QED) is 0.444. The van der Waals surface area contributed by atoms with Crippen LogP contribution >= 0.6 is 0 Å². The van der Waals surface area contributed by atoms with Crippen molar-refractivity contribution in [1.82, 2.24) is 0 Å². The third-order valence-electron chi connectivity index (χ3n) is 1.53. The zero-order valence-electron chi connectivity index (χ0n) is 7.71. The maximum atomic E-state index is 9.84. The number of hydrogen-bond acceptors (Lipinski definition) is 3. The molecule has 1 atom stereocenters. The van der Waals surface area contributed by atoms with Crippen molar-refractivity contribution in [1.29, 1.82) is 0 Å². The van der Waals surface area contributed by atoms with Crippen molar-refractivity contribution in [2.75, 3.05) is 13.7 Å². The van der Waals surface area contributed by atoms with Gasteiger partial charge >= 0.3 is 5.97 Å². The van der Waals surface area contributed by atoms with E-state index in [1.165, 1.54) is 20.0 Å². The standard InChI is InChI=1S/C5H10O.C4H6O2/c1-5-3-2-4-6-5;1-3-4(5)6-2/h5H,2-4H2,1H3;3H,1H2,2H3. The first-order valence-corrected chi connectivity index (χ1v) is 4.02. The van der Waals surface area contributed by atoms with E-state index in [1.807, 2.05) is 0 Å². The first-order valence-electron chi connectivity index (χ1n) is 4.02. The van der Waals surface area contributed by atoms with Gasteiger partial charge in [0.1, 0.15) is 0 Å². The van der Waals surface area contributed by atoms with Gasteiger partial charge in [0.15, 0.2) is 0 Å². The summed E-state index contributed by atoms with van der Waals surface area (Å²) in [6.45, 7) is 6.26. The number of methoxy groups -OCH3 is 1. The largest absolute Gasteiger partial charge is 0.466 e. The zero-order valence-corrected chi connectivity index (χ0v) is 7.71. The van der Waals surface area contributed by atoms with Gasteiger partial charge in [0.05, 0.1) is 13.2 Å². The van der Waals surface area contributed by atoms with E-state index >= 15 is 0 Å². The molecule has 1 fully saturated rings. The van der Waals surface area contributed by atoms with Gasteiger partial charge in [-0.15, -0.1) is 0 Å². The van der Waals surface area contributed by atoms with Crippen LogP contribution in [0, 0.1) is 0 Å². The number of ether oxygens (including phenoxy) is 2. The maximum Gasteiger partial charge on any atom is 0.329 e. The fraction of sp³-hybridized carbons (Fsp3) is 0.667. The molecule has 3 heteroatoms. The molecular formula is C9H16O3. The minimum Gasteiger partial charge on any atom is -0.466 e. The molecule has 0 aliphatic carbocycles. The Kier molecular flexibility index (Phi) is 6.38. The molecule has 0 amide bonds. The minimum atomic E-state index is -0.394. The van der Waals surface area contributed by atoms with Crippen LogP contribution < -0.4 is 0 Å². The van der Waals surface area contributed by atoms with E-state index in [1.54, 1.807) is 0 Å². The van der Waals surface area contributed by atoms with E-state index in [-0.39, 0.29) is 0 Å². The van der Waals surface area contributed by atoms with Gasteiger partial charge in [0.25, 0.3) is 0 Å². The number of carbonyl (C=O) groups excluding carboxylic acids is 1. The Bertz CT molecular complexity index is 137. The molecule has 3 nitrogen and oxygen atoms in total.